The maximum Gasteiger partial charge on any atom is 0.272 e. The van der Waals surface area contributed by atoms with Crippen molar-refractivity contribution in [2.24, 2.45) is 0 Å². The Labute approximate surface area is 180 Å². The van der Waals surface area contributed by atoms with E-state index in [0.29, 0.717) is 51.9 Å². The minimum absolute atomic E-state index is 0.0324. The van der Waals surface area contributed by atoms with Crippen LogP contribution in [0.25, 0.3) is 43.8 Å². The average Bonchev–Trinajstić information content (AvgIpc) is 3.49. The van der Waals surface area contributed by atoms with Gasteiger partial charge in [-0.05, 0) is 29.8 Å². The van der Waals surface area contributed by atoms with E-state index < -0.39 is 11.4 Å². The number of nitrogens with zero attached hydrogens (tertiary/aromatic N) is 2. The number of nitrogens with one attached hydrogen (secondary N) is 2. The molecule has 4 heterocycles. The van der Waals surface area contributed by atoms with Gasteiger partial charge < -0.3 is 20.2 Å². The molecule has 6 rings (SSSR count). The normalized spacial score (nSPS) is 16.3. The van der Waals surface area contributed by atoms with Crippen molar-refractivity contribution in [2.75, 3.05) is 18.9 Å². The number of aromatic amines is 2. The van der Waals surface area contributed by atoms with Gasteiger partial charge in [0.1, 0.15) is 34.4 Å². The Morgan fingerprint density at radius 3 is 2.94 bits per heavy atom. The molecule has 32 heavy (non-hydrogen) atoms. The van der Waals surface area contributed by atoms with Crippen molar-refractivity contribution in [1.29, 1.82) is 0 Å². The molecule has 5 aromatic rings. The lowest BCUT2D eigenvalue weighted by atomic mass is 9.95. The van der Waals surface area contributed by atoms with Crippen LogP contribution in [-0.2, 0) is 4.74 Å². The number of nitrogen functional groups attached to an aromatic ring is 1. The Bertz CT molecular complexity index is 1570. The van der Waals surface area contributed by atoms with Crippen molar-refractivity contribution < 1.29 is 13.9 Å². The number of fused-ring (bicyclic) bond motifs is 4. The van der Waals surface area contributed by atoms with E-state index in [1.807, 2.05) is 12.1 Å². The molecule has 1 saturated heterocycles. The first-order valence-electron chi connectivity index (χ1n) is 10.2. The first-order chi connectivity index (χ1) is 15.6. The highest BCUT2D eigenvalue weighted by atomic mass is 19.1. The van der Waals surface area contributed by atoms with E-state index in [1.54, 1.807) is 18.3 Å². The zero-order valence-corrected chi connectivity index (χ0v) is 16.8. The number of nitrogens with two attached hydrogens (primary N) is 1. The third kappa shape index (κ3) is 2.75. The summed E-state index contributed by atoms with van der Waals surface area (Å²) in [6.45, 7) is 1.14. The lowest BCUT2D eigenvalue weighted by Gasteiger charge is -2.17. The number of aromatic nitrogens is 4. The number of ether oxygens (including phenoxy) is 2. The van der Waals surface area contributed by atoms with E-state index in [1.165, 1.54) is 12.3 Å². The van der Waals surface area contributed by atoms with Gasteiger partial charge in [-0.2, -0.15) is 5.10 Å². The topological polar surface area (TPSA) is 119 Å². The van der Waals surface area contributed by atoms with Crippen molar-refractivity contribution in [3.8, 4) is 16.9 Å². The van der Waals surface area contributed by atoms with E-state index in [0.717, 1.165) is 11.8 Å². The molecular weight excluding hydrogens is 413 g/mol. The summed E-state index contributed by atoms with van der Waals surface area (Å²) >= 11 is 0. The van der Waals surface area contributed by atoms with E-state index in [9.17, 15) is 9.18 Å². The lowest BCUT2D eigenvalue weighted by molar-refractivity contribution is 0.142. The van der Waals surface area contributed by atoms with Crippen LogP contribution in [0, 0.1) is 5.82 Å². The maximum absolute atomic E-state index is 14.3. The Kier molecular flexibility index (Phi) is 4.12. The molecule has 0 amide bonds. The minimum Gasteiger partial charge on any atom is -0.486 e. The van der Waals surface area contributed by atoms with Gasteiger partial charge in [0.15, 0.2) is 0 Å². The molecule has 4 N–H and O–H groups in total. The SMILES string of the molecule is Nc1c(-c2ccc(F)c3[nH]ncc23)c2cc(O[C@@H]3CCOC3)c3ncccc3c2[nH]c1=O. The summed E-state index contributed by atoms with van der Waals surface area (Å²) in [7, 11) is 0. The fraction of sp³-hybridized carbons (Fsp3) is 0.174. The van der Waals surface area contributed by atoms with E-state index in [4.69, 9.17) is 15.2 Å². The molecule has 1 atom stereocenters. The predicted molar refractivity (Wildman–Crippen MR) is 119 cm³/mol. The van der Waals surface area contributed by atoms with Gasteiger partial charge in [-0.15, -0.1) is 0 Å². The number of rotatable bonds is 3. The van der Waals surface area contributed by atoms with E-state index >= 15 is 0 Å². The second-order valence-corrected chi connectivity index (χ2v) is 7.80. The Morgan fingerprint density at radius 2 is 2.09 bits per heavy atom. The molecule has 160 valence electrons. The molecule has 8 nitrogen and oxygen atoms in total. The van der Waals surface area contributed by atoms with Crippen LogP contribution in [0.15, 0.2) is 47.5 Å². The van der Waals surface area contributed by atoms with Crippen LogP contribution >= 0.6 is 0 Å². The smallest absolute Gasteiger partial charge is 0.272 e. The molecule has 0 bridgehead atoms. The fourth-order valence-electron chi connectivity index (χ4n) is 4.38. The standard InChI is InChI=1S/C23H18FN5O3/c24-16-4-3-12(15-9-27-29-21(15)16)18-14-8-17(32-11-5-7-31-10-11)22-13(2-1-6-26-22)20(14)28-23(30)19(18)25/h1-4,6,8-9,11H,5,7,10,25H2,(H,27,29)(H,28,30)/t11-/m1/s1. The van der Waals surface area contributed by atoms with Gasteiger partial charge in [-0.3, -0.25) is 14.9 Å². The minimum atomic E-state index is -0.436. The summed E-state index contributed by atoms with van der Waals surface area (Å²) in [6.07, 6.45) is 3.89. The van der Waals surface area contributed by atoms with Gasteiger partial charge in [-0.1, -0.05) is 6.07 Å². The molecule has 0 spiro atoms. The molecule has 9 heteroatoms. The van der Waals surface area contributed by atoms with Gasteiger partial charge in [0, 0.05) is 34.3 Å². The van der Waals surface area contributed by atoms with Crippen molar-refractivity contribution in [2.45, 2.75) is 12.5 Å². The number of anilines is 1. The molecule has 0 radical (unpaired) electrons. The Hall–Kier alpha value is -3.98. The molecule has 0 saturated carbocycles. The molecule has 1 aliphatic rings. The van der Waals surface area contributed by atoms with Crippen LogP contribution in [0.1, 0.15) is 6.42 Å². The Balaban J connectivity index is 1.72. The zero-order chi connectivity index (χ0) is 21.8. The summed E-state index contributed by atoms with van der Waals surface area (Å²) in [5.41, 5.74) is 8.44. The highest BCUT2D eigenvalue weighted by Crippen LogP contribution is 2.40. The summed E-state index contributed by atoms with van der Waals surface area (Å²) < 4.78 is 26.0. The number of hydrogen-bond donors (Lipinski definition) is 3. The highest BCUT2D eigenvalue weighted by molar-refractivity contribution is 6.15. The van der Waals surface area contributed by atoms with E-state index in [2.05, 4.69) is 20.2 Å². The zero-order valence-electron chi connectivity index (χ0n) is 16.8. The number of benzene rings is 2. The predicted octanol–water partition coefficient (Wildman–Crippen LogP) is 3.51. The molecule has 3 aromatic heterocycles. The largest absolute Gasteiger partial charge is 0.486 e. The quantitative estimate of drug-likeness (QED) is 0.376. The van der Waals surface area contributed by atoms with Crippen molar-refractivity contribution >= 4 is 38.4 Å². The molecule has 2 aromatic carbocycles. The second kappa shape index (κ2) is 7.03. The second-order valence-electron chi connectivity index (χ2n) is 7.80. The third-order valence-corrected chi connectivity index (χ3v) is 5.89. The van der Waals surface area contributed by atoms with E-state index in [-0.39, 0.29) is 17.3 Å². The third-order valence-electron chi connectivity index (χ3n) is 5.89. The molecule has 0 unspecified atom stereocenters. The summed E-state index contributed by atoms with van der Waals surface area (Å²) in [4.78, 5) is 20.2. The monoisotopic (exact) mass is 431 g/mol. The first-order valence-corrected chi connectivity index (χ1v) is 10.2. The number of hydrogen-bond acceptors (Lipinski definition) is 6. The molecule has 1 aliphatic heterocycles. The maximum atomic E-state index is 14.3. The van der Waals surface area contributed by atoms with Gasteiger partial charge >= 0.3 is 0 Å². The van der Waals surface area contributed by atoms with Gasteiger partial charge in [0.25, 0.3) is 5.56 Å². The fourth-order valence-corrected chi connectivity index (χ4v) is 4.38. The number of H-pyrrole nitrogens is 2. The molecular formula is C23H18FN5O3. The first kappa shape index (κ1) is 18.8. The van der Waals surface area contributed by atoms with Crippen molar-refractivity contribution in [3.05, 3.63) is 58.9 Å². The number of pyridine rings is 2. The van der Waals surface area contributed by atoms with Crippen LogP contribution < -0.4 is 16.0 Å². The van der Waals surface area contributed by atoms with Crippen LogP contribution in [-0.4, -0.2) is 39.5 Å². The van der Waals surface area contributed by atoms with Crippen LogP contribution in [0.2, 0.25) is 0 Å². The summed E-state index contributed by atoms with van der Waals surface area (Å²) in [5.74, 6) is 0.135. The van der Waals surface area contributed by atoms with Crippen LogP contribution in [0.5, 0.6) is 5.75 Å². The molecule has 0 aliphatic carbocycles. The lowest BCUT2D eigenvalue weighted by Crippen LogP contribution is -2.17. The van der Waals surface area contributed by atoms with Crippen molar-refractivity contribution in [3.63, 3.8) is 0 Å². The molecule has 1 fully saturated rings. The van der Waals surface area contributed by atoms with Crippen LogP contribution in [0.3, 0.4) is 0 Å². The average molecular weight is 431 g/mol. The van der Waals surface area contributed by atoms with Gasteiger partial charge in [-0.25, -0.2) is 4.39 Å². The van der Waals surface area contributed by atoms with Crippen molar-refractivity contribution in [1.82, 2.24) is 20.2 Å². The highest BCUT2D eigenvalue weighted by Gasteiger charge is 2.23. The summed E-state index contributed by atoms with van der Waals surface area (Å²) in [5, 5.41) is 8.57. The van der Waals surface area contributed by atoms with Gasteiger partial charge in [0.2, 0.25) is 0 Å². The van der Waals surface area contributed by atoms with Gasteiger partial charge in [0.05, 0.1) is 24.9 Å². The van der Waals surface area contributed by atoms with Crippen LogP contribution in [0.4, 0.5) is 10.1 Å². The number of halogens is 1. The summed E-state index contributed by atoms with van der Waals surface area (Å²) in [6, 6.07) is 8.44. The Morgan fingerprint density at radius 1 is 1.19 bits per heavy atom.